The molecule has 1 aromatic rings. The predicted octanol–water partition coefficient (Wildman–Crippen LogP) is 0.860. The van der Waals surface area contributed by atoms with E-state index in [0.29, 0.717) is 6.42 Å². The largest absolute Gasteiger partial charge is 0.361 e. The average Bonchev–Trinajstić information content (AvgIpc) is 2.75. The second kappa shape index (κ2) is 9.52. The van der Waals surface area contributed by atoms with Crippen LogP contribution in [0.4, 0.5) is 0 Å². The maximum Gasteiger partial charge on any atom is 0.239 e. The van der Waals surface area contributed by atoms with E-state index in [2.05, 4.69) is 15.8 Å². The number of hydrogen-bond acceptors (Lipinski definition) is 5. The van der Waals surface area contributed by atoms with Crippen molar-refractivity contribution in [1.82, 2.24) is 15.8 Å². The highest BCUT2D eigenvalue weighted by Crippen LogP contribution is 2.14. The van der Waals surface area contributed by atoms with Gasteiger partial charge in [0, 0.05) is 11.6 Å². The van der Waals surface area contributed by atoms with Crippen molar-refractivity contribution >= 4 is 24.2 Å². The molecule has 4 N–H and O–H groups in total. The summed E-state index contributed by atoms with van der Waals surface area (Å²) in [6.45, 7) is 9.24. The highest BCUT2D eigenvalue weighted by Gasteiger charge is 2.18. The van der Waals surface area contributed by atoms with Crippen LogP contribution in [0.15, 0.2) is 4.52 Å². The third-order valence-electron chi connectivity index (χ3n) is 3.54. The molecule has 1 rings (SSSR count). The van der Waals surface area contributed by atoms with Crippen molar-refractivity contribution in [3.63, 3.8) is 0 Å². The number of aromatic nitrogens is 1. The fraction of sp³-hybridized carbons (Fsp3) is 0.667. The molecule has 8 heteroatoms. The van der Waals surface area contributed by atoms with Crippen LogP contribution in [-0.4, -0.2) is 35.6 Å². The van der Waals surface area contributed by atoms with Crippen molar-refractivity contribution in [1.29, 1.82) is 0 Å². The summed E-state index contributed by atoms with van der Waals surface area (Å²) in [5.41, 5.74) is 7.54. The lowest BCUT2D eigenvalue weighted by molar-refractivity contribution is -0.127. The van der Waals surface area contributed by atoms with E-state index in [4.69, 9.17) is 10.3 Å². The molecule has 132 valence electrons. The van der Waals surface area contributed by atoms with Gasteiger partial charge in [0.25, 0.3) is 0 Å². The van der Waals surface area contributed by atoms with E-state index in [1.165, 1.54) is 0 Å². The lowest BCUT2D eigenvalue weighted by Gasteiger charge is -2.17. The lowest BCUT2D eigenvalue weighted by Crippen LogP contribution is -2.48. The topological polar surface area (TPSA) is 110 Å². The van der Waals surface area contributed by atoms with Gasteiger partial charge in [0.1, 0.15) is 5.76 Å². The number of aryl methyl sites for hydroxylation is 2. The molecule has 0 aromatic carbocycles. The normalized spacial score (nSPS) is 13.2. The van der Waals surface area contributed by atoms with Gasteiger partial charge >= 0.3 is 0 Å². The Balaban J connectivity index is 0.00000484. The number of hydrogen-bond donors (Lipinski definition) is 3. The number of amides is 2. The first-order valence-corrected chi connectivity index (χ1v) is 7.46. The van der Waals surface area contributed by atoms with E-state index >= 15 is 0 Å². The fourth-order valence-corrected chi connectivity index (χ4v) is 2.06. The minimum Gasteiger partial charge on any atom is -0.361 e. The van der Waals surface area contributed by atoms with Gasteiger partial charge in [-0.2, -0.15) is 0 Å². The third kappa shape index (κ3) is 6.58. The van der Waals surface area contributed by atoms with Crippen molar-refractivity contribution in [3.05, 3.63) is 17.0 Å². The van der Waals surface area contributed by atoms with Crippen molar-refractivity contribution < 1.29 is 14.1 Å². The molecule has 0 bridgehead atoms. The Kier molecular flexibility index (Phi) is 8.86. The highest BCUT2D eigenvalue weighted by molar-refractivity contribution is 5.87. The number of halogens is 1. The number of nitrogens with one attached hydrogen (secondary N) is 2. The van der Waals surface area contributed by atoms with E-state index in [9.17, 15) is 9.59 Å². The summed E-state index contributed by atoms with van der Waals surface area (Å²) >= 11 is 0. The molecule has 0 spiro atoms. The Morgan fingerprint density at radius 1 is 1.26 bits per heavy atom. The van der Waals surface area contributed by atoms with Crippen molar-refractivity contribution in [2.75, 3.05) is 6.54 Å². The summed E-state index contributed by atoms with van der Waals surface area (Å²) in [5.74, 6) is 0.225. The van der Waals surface area contributed by atoms with Gasteiger partial charge in [-0.05, 0) is 33.1 Å². The fourth-order valence-electron chi connectivity index (χ4n) is 2.06. The van der Waals surface area contributed by atoms with Crippen LogP contribution < -0.4 is 16.4 Å². The molecular formula is C15H27ClN4O3. The summed E-state index contributed by atoms with van der Waals surface area (Å²) in [5, 5.41) is 9.26. The van der Waals surface area contributed by atoms with E-state index in [-0.39, 0.29) is 42.7 Å². The highest BCUT2D eigenvalue weighted by atomic mass is 35.5. The number of carbonyl (C=O) groups excluding carboxylic acids is 2. The maximum absolute atomic E-state index is 11.8. The third-order valence-corrected chi connectivity index (χ3v) is 3.54. The zero-order valence-electron chi connectivity index (χ0n) is 14.3. The van der Waals surface area contributed by atoms with Gasteiger partial charge in [-0.15, -0.1) is 12.4 Å². The van der Waals surface area contributed by atoms with Gasteiger partial charge in [-0.1, -0.05) is 19.0 Å². The molecular weight excluding hydrogens is 320 g/mol. The monoisotopic (exact) mass is 346 g/mol. The molecule has 2 atom stereocenters. The van der Waals surface area contributed by atoms with Gasteiger partial charge in [0.15, 0.2) is 0 Å². The quantitative estimate of drug-likeness (QED) is 0.678. The number of nitrogens with two attached hydrogens (primary N) is 1. The first-order valence-electron chi connectivity index (χ1n) is 7.46. The van der Waals surface area contributed by atoms with Crippen molar-refractivity contribution in [3.8, 4) is 0 Å². The van der Waals surface area contributed by atoms with Crippen LogP contribution in [0.1, 0.15) is 37.8 Å². The molecule has 1 unspecified atom stereocenters. The molecule has 0 aliphatic heterocycles. The Bertz CT molecular complexity index is 511. The molecule has 0 aliphatic rings. The lowest BCUT2D eigenvalue weighted by atomic mass is 10.1. The molecule has 7 nitrogen and oxygen atoms in total. The van der Waals surface area contributed by atoms with E-state index in [1.807, 2.05) is 34.6 Å². The van der Waals surface area contributed by atoms with E-state index < -0.39 is 6.04 Å². The number of nitrogens with zero attached hydrogens (tertiary/aromatic N) is 1. The molecule has 0 saturated heterocycles. The summed E-state index contributed by atoms with van der Waals surface area (Å²) in [6, 6.07) is -0.687. The summed E-state index contributed by atoms with van der Waals surface area (Å²) in [6.07, 6.45) is 0.631. The van der Waals surface area contributed by atoms with Gasteiger partial charge in [0.2, 0.25) is 11.8 Å². The predicted molar refractivity (Wildman–Crippen MR) is 90.4 cm³/mol. The van der Waals surface area contributed by atoms with Crippen LogP contribution in [0.5, 0.6) is 0 Å². The zero-order valence-corrected chi connectivity index (χ0v) is 15.1. The molecule has 23 heavy (non-hydrogen) atoms. The Morgan fingerprint density at radius 3 is 2.35 bits per heavy atom. The van der Waals surface area contributed by atoms with Crippen LogP contribution >= 0.6 is 12.4 Å². The van der Waals surface area contributed by atoms with Crippen LogP contribution in [0.25, 0.3) is 0 Å². The van der Waals surface area contributed by atoms with Crippen LogP contribution in [0.2, 0.25) is 0 Å². The van der Waals surface area contributed by atoms with E-state index in [1.54, 1.807) is 0 Å². The molecule has 2 amide bonds. The van der Waals surface area contributed by atoms with Gasteiger partial charge in [-0.25, -0.2) is 0 Å². The first-order chi connectivity index (χ1) is 10.2. The van der Waals surface area contributed by atoms with Crippen molar-refractivity contribution in [2.24, 2.45) is 11.7 Å². The van der Waals surface area contributed by atoms with Crippen molar-refractivity contribution in [2.45, 2.75) is 53.1 Å². The van der Waals surface area contributed by atoms with Crippen LogP contribution in [0, 0.1) is 19.8 Å². The first kappa shape index (κ1) is 21.4. The molecule has 0 saturated carbocycles. The van der Waals surface area contributed by atoms with Gasteiger partial charge < -0.3 is 20.9 Å². The summed E-state index contributed by atoms with van der Waals surface area (Å²) < 4.78 is 5.10. The van der Waals surface area contributed by atoms with Crippen LogP contribution in [-0.2, 0) is 16.0 Å². The molecule has 1 aromatic heterocycles. The summed E-state index contributed by atoms with van der Waals surface area (Å²) in [4.78, 5) is 23.5. The Hall–Kier alpha value is -1.60. The molecule has 0 radical (unpaired) electrons. The molecule has 0 aliphatic carbocycles. The molecule has 0 fully saturated rings. The van der Waals surface area contributed by atoms with E-state index in [0.717, 1.165) is 17.0 Å². The van der Waals surface area contributed by atoms with Crippen LogP contribution in [0.3, 0.4) is 0 Å². The standard InChI is InChI=1S/C15H26N4O3.ClH/c1-8(2)14(16)15(21)17-7-13(20)18-9(3)6-12-10(4)19-22-11(12)5;/h8-9,14H,6-7,16H2,1-5H3,(H,17,21)(H,18,20);1H/t9?,14-;/m0./s1. The Morgan fingerprint density at radius 2 is 1.87 bits per heavy atom. The second-order valence-corrected chi connectivity index (χ2v) is 5.96. The SMILES string of the molecule is Cc1noc(C)c1CC(C)NC(=O)CNC(=O)[C@@H](N)C(C)C.Cl. The number of carbonyl (C=O) groups is 2. The molecule has 1 heterocycles. The second-order valence-electron chi connectivity index (χ2n) is 5.96. The van der Waals surface area contributed by atoms with Gasteiger partial charge in [-0.3, -0.25) is 9.59 Å². The average molecular weight is 347 g/mol. The minimum absolute atomic E-state index is 0. The minimum atomic E-state index is -0.604. The Labute approximate surface area is 143 Å². The maximum atomic E-state index is 11.8. The smallest absolute Gasteiger partial charge is 0.239 e. The number of rotatable bonds is 7. The van der Waals surface area contributed by atoms with Gasteiger partial charge in [0.05, 0.1) is 18.3 Å². The zero-order chi connectivity index (χ0) is 16.9. The summed E-state index contributed by atoms with van der Waals surface area (Å²) in [7, 11) is 0.